The summed E-state index contributed by atoms with van der Waals surface area (Å²) in [4.78, 5) is 27.2. The van der Waals surface area contributed by atoms with Gasteiger partial charge in [0.2, 0.25) is 0 Å². The smallest absolute Gasteiger partial charge is 0.270 e. The zero-order valence-corrected chi connectivity index (χ0v) is 13.4. The lowest BCUT2D eigenvalue weighted by atomic mass is 10.3. The van der Waals surface area contributed by atoms with Gasteiger partial charge in [0, 0.05) is 16.6 Å². The van der Waals surface area contributed by atoms with Crippen LogP contribution in [0.2, 0.25) is 0 Å². The number of benzene rings is 1. The van der Waals surface area contributed by atoms with E-state index >= 15 is 0 Å². The quantitative estimate of drug-likeness (QED) is 0.540. The minimum Gasteiger partial charge on any atom is -0.297 e. The van der Waals surface area contributed by atoms with Crippen LogP contribution >= 0.6 is 38.6 Å². The number of thiophene rings is 1. The zero-order valence-electron chi connectivity index (χ0n) is 10.2. The molecule has 0 aliphatic rings. The molecule has 3 rings (SSSR count). The summed E-state index contributed by atoms with van der Waals surface area (Å²) in [5, 5.41) is 15.7. The van der Waals surface area contributed by atoms with Crippen LogP contribution in [0.25, 0.3) is 10.2 Å². The zero-order chi connectivity index (χ0) is 15.0. The molecule has 0 unspecified atom stereocenters. The molecular formula is C12H6BrN3O3S2. The Bertz CT molecular complexity index is 858. The van der Waals surface area contributed by atoms with Gasteiger partial charge in [-0.15, -0.1) is 11.3 Å². The topological polar surface area (TPSA) is 85.1 Å². The number of non-ortho nitro benzene ring substituents is 1. The molecule has 0 saturated heterocycles. The van der Waals surface area contributed by atoms with Gasteiger partial charge in [0.25, 0.3) is 11.6 Å². The Balaban J connectivity index is 1.89. The fraction of sp³-hybridized carbons (Fsp3) is 0. The second kappa shape index (κ2) is 5.51. The Morgan fingerprint density at radius 3 is 2.86 bits per heavy atom. The number of hydrogen-bond acceptors (Lipinski definition) is 6. The number of rotatable bonds is 3. The van der Waals surface area contributed by atoms with Crippen molar-refractivity contribution in [1.82, 2.24) is 4.98 Å². The van der Waals surface area contributed by atoms with E-state index in [-0.39, 0.29) is 11.6 Å². The van der Waals surface area contributed by atoms with Gasteiger partial charge in [-0.2, -0.15) is 0 Å². The number of aromatic nitrogens is 1. The van der Waals surface area contributed by atoms with E-state index in [0.717, 1.165) is 4.47 Å². The first-order valence-electron chi connectivity index (χ1n) is 5.64. The van der Waals surface area contributed by atoms with E-state index in [1.807, 2.05) is 0 Å². The van der Waals surface area contributed by atoms with Gasteiger partial charge in [-0.1, -0.05) is 11.3 Å². The number of carbonyl (C=O) groups excluding carboxylic acids is 1. The van der Waals surface area contributed by atoms with Gasteiger partial charge in [-0.25, -0.2) is 4.98 Å². The number of anilines is 1. The van der Waals surface area contributed by atoms with E-state index < -0.39 is 4.92 Å². The highest BCUT2D eigenvalue weighted by atomic mass is 79.9. The standard InChI is InChI=1S/C12H6BrN3O3S2/c13-7-3-4-20-10(7)11(17)15-12-14-8-2-1-6(16(18)19)5-9(8)21-12/h1-5H,(H,14,15,17). The SMILES string of the molecule is O=C(Nc1nc2ccc([N+](=O)[O-])cc2s1)c1sccc1Br. The summed E-state index contributed by atoms with van der Waals surface area (Å²) in [5.74, 6) is -0.259. The van der Waals surface area contributed by atoms with E-state index in [1.165, 1.54) is 34.8 Å². The molecule has 2 aromatic heterocycles. The van der Waals surface area contributed by atoms with Crippen molar-refractivity contribution >= 4 is 65.5 Å². The lowest BCUT2D eigenvalue weighted by Gasteiger charge is -1.98. The van der Waals surface area contributed by atoms with Crippen LogP contribution in [-0.4, -0.2) is 15.8 Å². The van der Waals surface area contributed by atoms with E-state index in [9.17, 15) is 14.9 Å². The van der Waals surface area contributed by atoms with E-state index in [4.69, 9.17) is 0 Å². The van der Waals surface area contributed by atoms with Crippen LogP contribution in [0.15, 0.2) is 34.1 Å². The minimum absolute atomic E-state index is 0.00466. The van der Waals surface area contributed by atoms with Crippen LogP contribution < -0.4 is 5.32 Å². The fourth-order valence-corrected chi connectivity index (χ4v) is 4.03. The van der Waals surface area contributed by atoms with Crippen molar-refractivity contribution in [2.75, 3.05) is 5.32 Å². The molecule has 9 heteroatoms. The predicted octanol–water partition coefficient (Wildman–Crippen LogP) is 4.28. The van der Waals surface area contributed by atoms with E-state index in [0.29, 0.717) is 20.2 Å². The van der Waals surface area contributed by atoms with Crippen LogP contribution in [0, 0.1) is 10.1 Å². The molecule has 0 atom stereocenters. The van der Waals surface area contributed by atoms with Gasteiger partial charge < -0.3 is 0 Å². The minimum atomic E-state index is -0.458. The molecule has 1 N–H and O–H groups in total. The van der Waals surface area contributed by atoms with Crippen LogP contribution in [0.1, 0.15) is 9.67 Å². The molecule has 106 valence electrons. The Morgan fingerprint density at radius 1 is 1.38 bits per heavy atom. The third kappa shape index (κ3) is 2.80. The number of nitro groups is 1. The molecule has 0 aliphatic heterocycles. The summed E-state index contributed by atoms with van der Waals surface area (Å²) < 4.78 is 1.38. The number of fused-ring (bicyclic) bond motifs is 1. The third-order valence-electron chi connectivity index (χ3n) is 2.63. The van der Waals surface area contributed by atoms with Crippen LogP contribution in [0.5, 0.6) is 0 Å². The summed E-state index contributed by atoms with van der Waals surface area (Å²) in [7, 11) is 0. The average Bonchev–Trinajstić information content (AvgIpc) is 3.02. The number of amides is 1. The molecule has 0 fully saturated rings. The van der Waals surface area contributed by atoms with Crippen molar-refractivity contribution in [2.45, 2.75) is 0 Å². The maximum Gasteiger partial charge on any atom is 0.270 e. The van der Waals surface area contributed by atoms with Crippen LogP contribution in [-0.2, 0) is 0 Å². The number of thiazole rings is 1. The maximum atomic E-state index is 12.1. The van der Waals surface area contributed by atoms with Gasteiger partial charge in [-0.3, -0.25) is 20.2 Å². The van der Waals surface area contributed by atoms with Crippen LogP contribution in [0.3, 0.4) is 0 Å². The largest absolute Gasteiger partial charge is 0.297 e. The van der Waals surface area contributed by atoms with Crippen molar-refractivity contribution < 1.29 is 9.72 Å². The molecular weight excluding hydrogens is 378 g/mol. The number of nitrogens with one attached hydrogen (secondary N) is 1. The summed E-state index contributed by atoms with van der Waals surface area (Å²) in [6, 6.07) is 6.20. The molecule has 1 aromatic carbocycles. The number of nitrogens with zero attached hydrogens (tertiary/aromatic N) is 2. The van der Waals surface area contributed by atoms with Gasteiger partial charge in [0.15, 0.2) is 5.13 Å². The highest BCUT2D eigenvalue weighted by molar-refractivity contribution is 9.10. The Hall–Kier alpha value is -1.84. The summed E-state index contributed by atoms with van der Waals surface area (Å²) in [6.45, 7) is 0. The lowest BCUT2D eigenvalue weighted by molar-refractivity contribution is -0.384. The highest BCUT2D eigenvalue weighted by Crippen LogP contribution is 2.30. The van der Waals surface area contributed by atoms with E-state index in [2.05, 4.69) is 26.2 Å². The highest BCUT2D eigenvalue weighted by Gasteiger charge is 2.15. The van der Waals surface area contributed by atoms with Crippen LogP contribution in [0.4, 0.5) is 10.8 Å². The molecule has 0 saturated carbocycles. The Labute approximate surface area is 134 Å². The van der Waals surface area contributed by atoms with E-state index in [1.54, 1.807) is 17.5 Å². The number of carbonyl (C=O) groups is 1. The van der Waals surface area contributed by atoms with Gasteiger partial charge in [0.1, 0.15) is 4.88 Å². The molecule has 0 spiro atoms. The lowest BCUT2D eigenvalue weighted by Crippen LogP contribution is -2.10. The molecule has 0 radical (unpaired) electrons. The first-order chi connectivity index (χ1) is 10.0. The molecule has 0 aliphatic carbocycles. The van der Waals surface area contributed by atoms with Gasteiger partial charge in [-0.05, 0) is 33.4 Å². The Morgan fingerprint density at radius 2 is 2.19 bits per heavy atom. The van der Waals surface area contributed by atoms with Gasteiger partial charge in [0.05, 0.1) is 15.1 Å². The monoisotopic (exact) mass is 383 g/mol. The molecule has 2 heterocycles. The van der Waals surface area contributed by atoms with Crippen molar-refractivity contribution in [1.29, 1.82) is 0 Å². The third-order valence-corrected chi connectivity index (χ3v) is 5.40. The summed E-state index contributed by atoms with van der Waals surface area (Å²) in [6.07, 6.45) is 0. The predicted molar refractivity (Wildman–Crippen MR) is 86.2 cm³/mol. The molecule has 6 nitrogen and oxygen atoms in total. The summed E-state index contributed by atoms with van der Waals surface area (Å²) in [5.41, 5.74) is 0.621. The second-order valence-corrected chi connectivity index (χ2v) is 6.78. The normalized spacial score (nSPS) is 10.7. The molecule has 0 bridgehead atoms. The first-order valence-corrected chi connectivity index (χ1v) is 8.13. The maximum absolute atomic E-state index is 12.1. The molecule has 21 heavy (non-hydrogen) atoms. The van der Waals surface area contributed by atoms with Crippen molar-refractivity contribution in [3.05, 3.63) is 49.1 Å². The van der Waals surface area contributed by atoms with Crippen molar-refractivity contribution in [3.8, 4) is 0 Å². The number of halogens is 1. The molecule has 3 aromatic rings. The fourth-order valence-electron chi connectivity index (χ4n) is 1.69. The number of nitro benzene ring substituents is 1. The van der Waals surface area contributed by atoms with Crippen molar-refractivity contribution in [3.63, 3.8) is 0 Å². The first kappa shape index (κ1) is 14.1. The summed E-state index contributed by atoms with van der Waals surface area (Å²) >= 11 is 5.82. The van der Waals surface area contributed by atoms with Gasteiger partial charge >= 0.3 is 0 Å². The average molecular weight is 384 g/mol. The number of hydrogen-bond donors (Lipinski definition) is 1. The Kier molecular flexibility index (Phi) is 3.70. The second-order valence-electron chi connectivity index (χ2n) is 3.98. The van der Waals surface area contributed by atoms with Crippen molar-refractivity contribution in [2.24, 2.45) is 0 Å². The molecule has 1 amide bonds.